The molecular formula is C13H24ClNO. The van der Waals surface area contributed by atoms with Crippen LogP contribution in [0.15, 0.2) is 30.3 Å². The molecule has 0 heterocycles. The minimum Gasteiger partial charge on any atom is -0.870 e. The van der Waals surface area contributed by atoms with Crippen molar-refractivity contribution < 1.29 is 10.4 Å². The Hall–Kier alpha value is -0.570. The average Bonchev–Trinajstić information content (AvgIpc) is 2.33. The third kappa shape index (κ3) is 8.72. The van der Waals surface area contributed by atoms with Gasteiger partial charge < -0.3 is 10.4 Å². The first-order chi connectivity index (χ1) is 7.28. The van der Waals surface area contributed by atoms with Crippen LogP contribution in [-0.4, -0.2) is 25.1 Å². The summed E-state index contributed by atoms with van der Waals surface area (Å²) in [4.78, 5) is 1.68. The van der Waals surface area contributed by atoms with Gasteiger partial charge in [0, 0.05) is 5.88 Å². The molecule has 3 heteroatoms. The second kappa shape index (κ2) is 12.5. The van der Waals surface area contributed by atoms with Crippen LogP contribution in [0.4, 0.5) is 0 Å². The molecule has 0 aromatic heterocycles. The molecule has 2 N–H and O–H groups in total. The van der Waals surface area contributed by atoms with Gasteiger partial charge in [-0.3, -0.25) is 0 Å². The molecule has 0 bridgehead atoms. The summed E-state index contributed by atoms with van der Waals surface area (Å²) < 4.78 is 0. The maximum Gasteiger partial charge on any atom is 0.0742 e. The molecule has 0 saturated heterocycles. The van der Waals surface area contributed by atoms with Crippen LogP contribution in [0, 0.1) is 0 Å². The summed E-state index contributed by atoms with van der Waals surface area (Å²) in [6.45, 7) is 10.5. The van der Waals surface area contributed by atoms with Gasteiger partial charge in [0.15, 0.2) is 0 Å². The number of nitrogens with one attached hydrogen (secondary N) is 1. The predicted molar refractivity (Wildman–Crippen MR) is 70.5 cm³/mol. The third-order valence-electron chi connectivity index (χ3n) is 2.50. The Morgan fingerprint density at radius 2 is 1.38 bits per heavy atom. The van der Waals surface area contributed by atoms with Gasteiger partial charge in [0.25, 0.3) is 0 Å². The van der Waals surface area contributed by atoms with Crippen molar-refractivity contribution in [1.82, 2.24) is 0 Å². The van der Waals surface area contributed by atoms with Gasteiger partial charge in [-0.25, -0.2) is 0 Å². The maximum absolute atomic E-state index is 5.53. The molecular weight excluding hydrogens is 222 g/mol. The summed E-state index contributed by atoms with van der Waals surface area (Å²) >= 11 is 5.53. The van der Waals surface area contributed by atoms with Crippen molar-refractivity contribution in [2.75, 3.05) is 19.6 Å². The molecule has 94 valence electrons. The molecule has 0 unspecified atom stereocenters. The quantitative estimate of drug-likeness (QED) is 0.811. The van der Waals surface area contributed by atoms with E-state index in [1.165, 1.54) is 25.2 Å². The van der Waals surface area contributed by atoms with Crippen molar-refractivity contribution in [2.24, 2.45) is 0 Å². The molecule has 0 amide bonds. The first kappa shape index (κ1) is 17.8. The molecule has 1 aromatic rings. The SMILES string of the molecule is CC[NH+](CC)CC.ClCc1ccccc1.[OH-]. The van der Waals surface area contributed by atoms with Crippen molar-refractivity contribution >= 4 is 11.6 Å². The first-order valence-electron chi connectivity index (χ1n) is 5.71. The molecule has 0 fully saturated rings. The van der Waals surface area contributed by atoms with Crippen molar-refractivity contribution in [3.63, 3.8) is 0 Å². The van der Waals surface area contributed by atoms with E-state index in [4.69, 9.17) is 11.6 Å². The second-order valence-corrected chi connectivity index (χ2v) is 3.70. The summed E-state index contributed by atoms with van der Waals surface area (Å²) in [5.74, 6) is 0.612. The Bertz CT molecular complexity index is 219. The van der Waals surface area contributed by atoms with E-state index in [0.29, 0.717) is 5.88 Å². The van der Waals surface area contributed by atoms with Crippen LogP contribution in [0.5, 0.6) is 0 Å². The Labute approximate surface area is 105 Å². The zero-order valence-electron chi connectivity index (χ0n) is 10.5. The Morgan fingerprint density at radius 1 is 0.938 bits per heavy atom. The van der Waals surface area contributed by atoms with Crippen molar-refractivity contribution in [3.8, 4) is 0 Å². The largest absolute Gasteiger partial charge is 0.870 e. The van der Waals surface area contributed by atoms with Gasteiger partial charge in [0.1, 0.15) is 0 Å². The number of hydrogen-bond donors (Lipinski definition) is 1. The fraction of sp³-hybridized carbons (Fsp3) is 0.538. The summed E-state index contributed by atoms with van der Waals surface area (Å²) in [6, 6.07) is 9.96. The van der Waals surface area contributed by atoms with E-state index in [-0.39, 0.29) is 5.48 Å². The van der Waals surface area contributed by atoms with E-state index in [0.717, 1.165) is 0 Å². The molecule has 0 radical (unpaired) electrons. The van der Waals surface area contributed by atoms with Crippen molar-refractivity contribution in [2.45, 2.75) is 26.7 Å². The topological polar surface area (TPSA) is 34.4 Å². The van der Waals surface area contributed by atoms with Crippen molar-refractivity contribution in [1.29, 1.82) is 0 Å². The normalized spacial score (nSPS) is 9.06. The van der Waals surface area contributed by atoms with Crippen LogP contribution in [0.25, 0.3) is 0 Å². The molecule has 2 nitrogen and oxygen atoms in total. The van der Waals surface area contributed by atoms with Gasteiger partial charge in [0.2, 0.25) is 0 Å². The Balaban J connectivity index is 0. The second-order valence-electron chi connectivity index (χ2n) is 3.43. The zero-order valence-corrected chi connectivity index (χ0v) is 11.3. The van der Waals surface area contributed by atoms with E-state index in [1.807, 2.05) is 30.3 Å². The zero-order chi connectivity index (χ0) is 11.5. The van der Waals surface area contributed by atoms with Gasteiger partial charge >= 0.3 is 0 Å². The fourth-order valence-corrected chi connectivity index (χ4v) is 1.50. The molecule has 0 aliphatic carbocycles. The minimum absolute atomic E-state index is 0. The van der Waals surface area contributed by atoms with E-state index >= 15 is 0 Å². The van der Waals surface area contributed by atoms with Crippen LogP contribution in [0.2, 0.25) is 0 Å². The highest BCUT2D eigenvalue weighted by atomic mass is 35.5. The molecule has 0 aliphatic rings. The molecule has 0 aliphatic heterocycles. The standard InChI is InChI=1S/C7H7Cl.C6H15N.H2O/c8-6-7-4-2-1-3-5-7;1-4-7(5-2)6-3;/h1-5H,6H2;4-6H2,1-3H3;1H2. The van der Waals surface area contributed by atoms with Crippen LogP contribution < -0.4 is 4.90 Å². The van der Waals surface area contributed by atoms with E-state index in [2.05, 4.69) is 20.8 Å². The summed E-state index contributed by atoms with van der Waals surface area (Å²) in [7, 11) is 0. The lowest BCUT2D eigenvalue weighted by atomic mass is 10.2. The lowest BCUT2D eigenvalue weighted by Gasteiger charge is -2.10. The summed E-state index contributed by atoms with van der Waals surface area (Å²) in [6.07, 6.45) is 0. The Kier molecular flexibility index (Phi) is 13.9. The maximum atomic E-state index is 5.53. The van der Waals surface area contributed by atoms with E-state index < -0.39 is 0 Å². The molecule has 0 atom stereocenters. The number of hydrogen-bond acceptors (Lipinski definition) is 1. The highest BCUT2D eigenvalue weighted by Gasteiger charge is 1.92. The van der Waals surface area contributed by atoms with E-state index in [1.54, 1.807) is 4.90 Å². The van der Waals surface area contributed by atoms with Gasteiger partial charge in [-0.15, -0.1) is 11.6 Å². The van der Waals surface area contributed by atoms with Gasteiger partial charge in [0.05, 0.1) is 19.6 Å². The number of benzene rings is 1. The monoisotopic (exact) mass is 245 g/mol. The molecule has 0 spiro atoms. The third-order valence-corrected chi connectivity index (χ3v) is 2.81. The summed E-state index contributed by atoms with van der Waals surface area (Å²) in [5.41, 5.74) is 1.18. The Morgan fingerprint density at radius 3 is 1.56 bits per heavy atom. The van der Waals surface area contributed by atoms with Gasteiger partial charge in [-0.2, -0.15) is 0 Å². The van der Waals surface area contributed by atoms with Gasteiger partial charge in [-0.1, -0.05) is 30.3 Å². The van der Waals surface area contributed by atoms with Crippen molar-refractivity contribution in [3.05, 3.63) is 35.9 Å². The number of rotatable bonds is 4. The lowest BCUT2D eigenvalue weighted by Crippen LogP contribution is -3.11. The van der Waals surface area contributed by atoms with Gasteiger partial charge in [-0.05, 0) is 26.3 Å². The predicted octanol–water partition coefficient (Wildman–Crippen LogP) is 2.18. The minimum atomic E-state index is 0. The fourth-order valence-electron chi connectivity index (χ4n) is 1.32. The van der Waals surface area contributed by atoms with Crippen LogP contribution >= 0.6 is 11.6 Å². The molecule has 1 aromatic carbocycles. The number of alkyl halides is 1. The molecule has 0 saturated carbocycles. The number of quaternary nitrogens is 1. The number of halogens is 1. The first-order valence-corrected chi connectivity index (χ1v) is 6.25. The van der Waals surface area contributed by atoms with E-state index in [9.17, 15) is 0 Å². The highest BCUT2D eigenvalue weighted by molar-refractivity contribution is 6.17. The smallest absolute Gasteiger partial charge is 0.0742 e. The summed E-state index contributed by atoms with van der Waals surface area (Å²) in [5, 5.41) is 0. The lowest BCUT2D eigenvalue weighted by molar-refractivity contribution is -0.894. The van der Waals surface area contributed by atoms with Crippen LogP contribution in [0.1, 0.15) is 26.3 Å². The van der Waals surface area contributed by atoms with Crippen LogP contribution in [0.3, 0.4) is 0 Å². The molecule has 1 rings (SSSR count). The average molecular weight is 246 g/mol. The van der Waals surface area contributed by atoms with Crippen LogP contribution in [-0.2, 0) is 5.88 Å². The molecule has 16 heavy (non-hydrogen) atoms. The highest BCUT2D eigenvalue weighted by Crippen LogP contribution is 2.00.